The molecule has 0 nitrogen and oxygen atoms in total. The van der Waals surface area contributed by atoms with E-state index in [1.165, 1.54) is 10.5 Å². The Labute approximate surface area is 81.1 Å². The van der Waals surface area contributed by atoms with E-state index in [0.717, 1.165) is 0 Å². The average molecular weight is 419 g/mol. The zero-order chi connectivity index (χ0) is 4.41. The van der Waals surface area contributed by atoms with Crippen LogP contribution in [0.25, 0.3) is 0 Å². The van der Waals surface area contributed by atoms with Gasteiger partial charge in [0.05, 0.1) is 0 Å². The molecule has 0 saturated carbocycles. The molecule has 8 heavy (non-hydrogen) atoms. The fourth-order valence-electron chi connectivity index (χ4n) is 0.412. The van der Waals surface area contributed by atoms with Gasteiger partial charge < -0.3 is 0 Å². The van der Waals surface area contributed by atoms with Crippen molar-refractivity contribution < 1.29 is 18.9 Å². The normalized spacial score (nSPS) is 14.0. The molecular weight excluding hydrogens is 412 g/mol. The number of rotatable bonds is 0. The van der Waals surface area contributed by atoms with Crippen LogP contribution in [0, 0.1) is 0 Å². The van der Waals surface area contributed by atoms with Crippen molar-refractivity contribution in [2.75, 3.05) is 0 Å². The zero-order valence-corrected chi connectivity index (χ0v) is 9.91. The molecule has 0 amide bonds. The van der Waals surface area contributed by atoms with Crippen LogP contribution in [0.1, 0.15) is 6.42 Å². The first-order valence-electron chi connectivity index (χ1n) is 1.88. The Kier molecular flexibility index (Phi) is 9.19. The molecule has 1 aliphatic carbocycles. The molecular formula is C5H7Br2Ir. The van der Waals surface area contributed by atoms with Gasteiger partial charge in [0.15, 0.2) is 0 Å². The van der Waals surface area contributed by atoms with Crippen LogP contribution in [0.3, 0.4) is 0 Å². The van der Waals surface area contributed by atoms with E-state index < -0.39 is 0 Å². The van der Waals surface area contributed by atoms with Crippen molar-refractivity contribution in [1.29, 1.82) is 0 Å². The summed E-state index contributed by atoms with van der Waals surface area (Å²) in [5.41, 5.74) is 0. The van der Waals surface area contributed by atoms with Crippen LogP contribution in [-0.4, -0.2) is 0 Å². The van der Waals surface area contributed by atoms with Crippen LogP contribution in [0.15, 0.2) is 22.3 Å². The molecule has 0 N–H and O–H groups in total. The SMILES string of the molecule is Br.Br.[Ir][C]1=CC=CC1. The average Bonchev–Trinajstić information content (AvgIpc) is 1.86. The molecule has 1 aliphatic rings. The second kappa shape index (κ2) is 6.21. The maximum atomic E-state index is 2.16. The van der Waals surface area contributed by atoms with Crippen molar-refractivity contribution >= 4 is 34.0 Å². The minimum absolute atomic E-state index is 0. The predicted octanol–water partition coefficient (Wildman–Crippen LogP) is 2.53. The summed E-state index contributed by atoms with van der Waals surface area (Å²) in [4.78, 5) is 0. The number of hydrogen-bond donors (Lipinski definition) is 0. The first kappa shape index (κ1) is 11.8. The van der Waals surface area contributed by atoms with Gasteiger partial charge in [0.25, 0.3) is 0 Å². The molecule has 3 heteroatoms. The molecule has 0 aliphatic heterocycles. The summed E-state index contributed by atoms with van der Waals surface area (Å²) in [5, 5.41) is 0. The number of hydrogen-bond acceptors (Lipinski definition) is 0. The summed E-state index contributed by atoms with van der Waals surface area (Å²) >= 11 is 2.14. The van der Waals surface area contributed by atoms with Crippen LogP contribution in [0.5, 0.6) is 0 Å². The van der Waals surface area contributed by atoms with Crippen LogP contribution in [-0.2, 0) is 18.9 Å². The molecule has 50 valence electrons. The molecule has 1 rings (SSSR count). The van der Waals surface area contributed by atoms with Gasteiger partial charge >= 0.3 is 47.6 Å². The van der Waals surface area contributed by atoms with E-state index in [4.69, 9.17) is 0 Å². The van der Waals surface area contributed by atoms with Crippen LogP contribution < -0.4 is 0 Å². The molecule has 0 aromatic rings. The van der Waals surface area contributed by atoms with Crippen molar-refractivity contribution in [3.8, 4) is 0 Å². The van der Waals surface area contributed by atoms with E-state index in [1.807, 2.05) is 0 Å². The van der Waals surface area contributed by atoms with E-state index in [-0.39, 0.29) is 34.0 Å². The van der Waals surface area contributed by atoms with Crippen LogP contribution in [0.4, 0.5) is 0 Å². The van der Waals surface area contributed by atoms with E-state index in [0.29, 0.717) is 0 Å². The van der Waals surface area contributed by atoms with Crippen molar-refractivity contribution in [3.63, 3.8) is 0 Å². The van der Waals surface area contributed by atoms with Crippen LogP contribution in [0.2, 0.25) is 0 Å². The van der Waals surface area contributed by atoms with E-state index in [9.17, 15) is 0 Å². The Hall–Kier alpha value is 1.09. The molecule has 0 spiro atoms. The first-order valence-corrected chi connectivity index (χ1v) is 3.08. The van der Waals surface area contributed by atoms with Crippen molar-refractivity contribution in [2.45, 2.75) is 6.42 Å². The van der Waals surface area contributed by atoms with Gasteiger partial charge in [-0.05, 0) is 0 Å². The minimum atomic E-state index is 0. The summed E-state index contributed by atoms with van der Waals surface area (Å²) in [6.07, 6.45) is 7.56. The standard InChI is InChI=1S/C5H5.2BrH.Ir/c1-2-4-5-3-1;;;/h1-3H,4H2;2*1H;. The Morgan fingerprint density at radius 1 is 1.38 bits per heavy atom. The Bertz CT molecular complexity index is 107. The fraction of sp³-hybridized carbons (Fsp3) is 0.200. The van der Waals surface area contributed by atoms with Gasteiger partial charge in [-0.2, -0.15) is 0 Å². The van der Waals surface area contributed by atoms with Gasteiger partial charge in [-0.1, -0.05) is 0 Å². The molecule has 0 bridgehead atoms. The Balaban J connectivity index is 0. The Morgan fingerprint density at radius 3 is 2.12 bits per heavy atom. The van der Waals surface area contributed by atoms with E-state index in [2.05, 4.69) is 37.1 Å². The van der Waals surface area contributed by atoms with Gasteiger partial charge in [0.1, 0.15) is 0 Å². The number of allylic oxidation sites excluding steroid dienone is 4. The summed E-state index contributed by atoms with van der Waals surface area (Å²) in [7, 11) is 0. The summed E-state index contributed by atoms with van der Waals surface area (Å²) in [5.74, 6) is 0. The molecule has 0 aromatic carbocycles. The van der Waals surface area contributed by atoms with Crippen molar-refractivity contribution in [3.05, 3.63) is 22.3 Å². The fourth-order valence-corrected chi connectivity index (χ4v) is 0.924. The van der Waals surface area contributed by atoms with Crippen molar-refractivity contribution in [2.24, 2.45) is 0 Å². The zero-order valence-electron chi connectivity index (χ0n) is 4.09. The summed E-state index contributed by atoms with van der Waals surface area (Å²) in [6.45, 7) is 0. The predicted molar refractivity (Wildman–Crippen MR) is 42.5 cm³/mol. The summed E-state index contributed by atoms with van der Waals surface area (Å²) < 4.78 is 1.47. The van der Waals surface area contributed by atoms with Gasteiger partial charge in [-0.25, -0.2) is 0 Å². The van der Waals surface area contributed by atoms with Gasteiger partial charge in [0, 0.05) is 0 Å². The molecule has 0 fully saturated rings. The molecule has 0 aromatic heterocycles. The van der Waals surface area contributed by atoms with E-state index in [1.54, 1.807) is 0 Å². The maximum absolute atomic E-state index is 2.16. The first-order chi connectivity index (χ1) is 2.89. The third kappa shape index (κ3) is 4.02. The Morgan fingerprint density at radius 2 is 2.00 bits per heavy atom. The van der Waals surface area contributed by atoms with Crippen LogP contribution >= 0.6 is 34.0 Å². The third-order valence-corrected chi connectivity index (χ3v) is 1.60. The quantitative estimate of drug-likeness (QED) is 0.567. The molecule has 0 saturated heterocycles. The summed E-state index contributed by atoms with van der Waals surface area (Å²) in [6, 6.07) is 0. The van der Waals surface area contributed by atoms with Gasteiger partial charge in [0.2, 0.25) is 0 Å². The second-order valence-electron chi connectivity index (χ2n) is 1.22. The van der Waals surface area contributed by atoms with Crippen molar-refractivity contribution in [1.82, 2.24) is 0 Å². The monoisotopic (exact) mass is 418 g/mol. The topological polar surface area (TPSA) is 0 Å². The van der Waals surface area contributed by atoms with E-state index >= 15 is 0 Å². The van der Waals surface area contributed by atoms with Gasteiger partial charge in [-0.3, -0.25) is 0 Å². The molecule has 0 heterocycles. The second-order valence-corrected chi connectivity index (χ2v) is 2.76. The molecule has 0 unspecified atom stereocenters. The third-order valence-electron chi connectivity index (χ3n) is 0.709. The van der Waals surface area contributed by atoms with Gasteiger partial charge in [-0.15, -0.1) is 34.0 Å². The molecule has 0 atom stereocenters. The number of halogens is 2. The molecule has 0 radical (unpaired) electrons.